The first-order chi connectivity index (χ1) is 10.1. The molecule has 1 unspecified atom stereocenters. The molecule has 2 saturated heterocycles. The molecule has 2 aliphatic heterocycles. The lowest BCUT2D eigenvalue weighted by molar-refractivity contribution is -0.0693. The van der Waals surface area contributed by atoms with E-state index in [9.17, 15) is 9.90 Å². The molecular formula is C17H32N2O3. The molecule has 22 heavy (non-hydrogen) atoms. The summed E-state index contributed by atoms with van der Waals surface area (Å²) in [6.07, 6.45) is 3.55. The van der Waals surface area contributed by atoms with Crippen molar-refractivity contribution in [3.8, 4) is 0 Å². The maximum absolute atomic E-state index is 12.5. The number of likely N-dealkylation sites (tertiary alicyclic amines) is 1. The normalized spacial score (nSPS) is 29.4. The molecule has 2 amide bonds. The number of aliphatic hydroxyl groups is 1. The van der Waals surface area contributed by atoms with Crippen LogP contribution in [-0.4, -0.2) is 53.0 Å². The summed E-state index contributed by atoms with van der Waals surface area (Å²) in [6, 6.07) is 0.0349. The van der Waals surface area contributed by atoms with E-state index in [0.717, 1.165) is 38.8 Å². The van der Waals surface area contributed by atoms with Crippen LogP contribution in [-0.2, 0) is 4.74 Å². The minimum atomic E-state index is -0.340. The number of piperidine rings is 1. The van der Waals surface area contributed by atoms with Gasteiger partial charge in [-0.15, -0.1) is 0 Å². The van der Waals surface area contributed by atoms with Gasteiger partial charge in [0.25, 0.3) is 0 Å². The Morgan fingerprint density at radius 1 is 1.27 bits per heavy atom. The van der Waals surface area contributed by atoms with E-state index in [1.807, 2.05) is 18.7 Å². The molecule has 0 bridgehead atoms. The van der Waals surface area contributed by atoms with Crippen LogP contribution in [0.15, 0.2) is 0 Å². The summed E-state index contributed by atoms with van der Waals surface area (Å²) in [5.74, 6) is 0. The summed E-state index contributed by atoms with van der Waals surface area (Å²) in [5, 5.41) is 12.7. The van der Waals surface area contributed by atoms with Gasteiger partial charge < -0.3 is 20.1 Å². The van der Waals surface area contributed by atoms with Gasteiger partial charge in [-0.2, -0.15) is 0 Å². The lowest BCUT2D eigenvalue weighted by atomic mass is 9.77. The van der Waals surface area contributed by atoms with Crippen LogP contribution >= 0.6 is 0 Å². The summed E-state index contributed by atoms with van der Waals surface area (Å²) in [6.45, 7) is 12.0. The molecule has 2 heterocycles. The number of urea groups is 1. The molecule has 0 aromatic heterocycles. The van der Waals surface area contributed by atoms with Gasteiger partial charge in [-0.1, -0.05) is 6.92 Å². The second-order valence-electron chi connectivity index (χ2n) is 8.17. The van der Waals surface area contributed by atoms with Crippen LogP contribution in [0.2, 0.25) is 0 Å². The lowest BCUT2D eigenvalue weighted by Crippen LogP contribution is -2.54. The number of nitrogens with one attached hydrogen (secondary N) is 1. The highest BCUT2D eigenvalue weighted by Crippen LogP contribution is 2.38. The summed E-state index contributed by atoms with van der Waals surface area (Å²) in [7, 11) is 0. The van der Waals surface area contributed by atoms with Gasteiger partial charge in [0, 0.05) is 19.7 Å². The molecule has 0 aromatic carbocycles. The Kier molecular flexibility index (Phi) is 4.79. The van der Waals surface area contributed by atoms with E-state index in [1.54, 1.807) is 0 Å². The average molecular weight is 312 g/mol. The van der Waals surface area contributed by atoms with Crippen molar-refractivity contribution in [2.24, 2.45) is 5.41 Å². The molecule has 2 fully saturated rings. The zero-order valence-corrected chi connectivity index (χ0v) is 14.7. The maximum atomic E-state index is 12.5. The monoisotopic (exact) mass is 312 g/mol. The quantitative estimate of drug-likeness (QED) is 0.842. The molecule has 0 aromatic rings. The number of carbonyl (C=O) groups is 1. The Balaban J connectivity index is 1.92. The minimum Gasteiger partial charge on any atom is -0.396 e. The third-order valence-electron chi connectivity index (χ3n) is 5.57. The Morgan fingerprint density at radius 3 is 2.27 bits per heavy atom. The Morgan fingerprint density at radius 2 is 1.86 bits per heavy atom. The molecule has 0 saturated carbocycles. The number of amides is 2. The van der Waals surface area contributed by atoms with E-state index in [4.69, 9.17) is 4.74 Å². The Hall–Kier alpha value is -0.810. The van der Waals surface area contributed by atoms with Crippen LogP contribution in [0.4, 0.5) is 4.79 Å². The highest BCUT2D eigenvalue weighted by Gasteiger charge is 2.47. The SMILES string of the molecule is CCC1(CO)CCN(C(=O)NC2CC(C)(C)OC2(C)C)CC1. The van der Waals surface area contributed by atoms with Crippen LogP contribution in [0.1, 0.15) is 60.3 Å². The number of carbonyl (C=O) groups excluding carboxylic acids is 1. The fourth-order valence-electron chi connectivity index (χ4n) is 3.84. The largest absolute Gasteiger partial charge is 0.396 e. The van der Waals surface area contributed by atoms with Crippen molar-refractivity contribution < 1.29 is 14.6 Å². The van der Waals surface area contributed by atoms with E-state index in [-0.39, 0.29) is 35.3 Å². The molecule has 1 atom stereocenters. The van der Waals surface area contributed by atoms with Crippen LogP contribution in [0.5, 0.6) is 0 Å². The fourth-order valence-corrected chi connectivity index (χ4v) is 3.84. The van der Waals surface area contributed by atoms with Gasteiger partial charge in [0.2, 0.25) is 0 Å². The molecule has 128 valence electrons. The standard InChI is InChI=1S/C17H32N2O3/c1-6-17(12-20)7-9-19(10-8-17)14(21)18-13-11-15(2,3)22-16(13,4)5/h13,20H,6-12H2,1-5H3,(H,18,21). The van der Waals surface area contributed by atoms with Crippen molar-refractivity contribution in [3.05, 3.63) is 0 Å². The van der Waals surface area contributed by atoms with Crippen LogP contribution < -0.4 is 5.32 Å². The van der Waals surface area contributed by atoms with Crippen molar-refractivity contribution in [2.75, 3.05) is 19.7 Å². The molecule has 0 radical (unpaired) electrons. The average Bonchev–Trinajstić information content (AvgIpc) is 2.66. The maximum Gasteiger partial charge on any atom is 0.317 e. The second kappa shape index (κ2) is 6.00. The predicted molar refractivity (Wildman–Crippen MR) is 86.8 cm³/mol. The topological polar surface area (TPSA) is 61.8 Å². The molecule has 2 aliphatic rings. The van der Waals surface area contributed by atoms with Crippen molar-refractivity contribution >= 4 is 6.03 Å². The zero-order valence-electron chi connectivity index (χ0n) is 14.7. The Labute approximate surface area is 134 Å². The van der Waals surface area contributed by atoms with Crippen LogP contribution in [0, 0.1) is 5.41 Å². The molecule has 2 rings (SSSR count). The predicted octanol–water partition coefficient (Wildman–Crippen LogP) is 2.53. The number of nitrogens with zero attached hydrogens (tertiary/aromatic N) is 1. The number of rotatable bonds is 3. The van der Waals surface area contributed by atoms with E-state index in [2.05, 4.69) is 26.1 Å². The zero-order chi connectivity index (χ0) is 16.6. The van der Waals surface area contributed by atoms with Gasteiger partial charge in [-0.3, -0.25) is 0 Å². The first-order valence-electron chi connectivity index (χ1n) is 8.50. The van der Waals surface area contributed by atoms with Gasteiger partial charge in [0.15, 0.2) is 0 Å². The third-order valence-corrected chi connectivity index (χ3v) is 5.57. The minimum absolute atomic E-state index is 0.00187. The van der Waals surface area contributed by atoms with Gasteiger partial charge in [0.1, 0.15) is 0 Å². The van der Waals surface area contributed by atoms with Crippen molar-refractivity contribution in [1.29, 1.82) is 0 Å². The summed E-state index contributed by atoms with van der Waals surface area (Å²) in [5.41, 5.74) is -0.528. The fraction of sp³-hybridized carbons (Fsp3) is 0.941. The van der Waals surface area contributed by atoms with Gasteiger partial charge >= 0.3 is 6.03 Å². The van der Waals surface area contributed by atoms with Gasteiger partial charge in [0.05, 0.1) is 17.2 Å². The van der Waals surface area contributed by atoms with Crippen molar-refractivity contribution in [3.63, 3.8) is 0 Å². The lowest BCUT2D eigenvalue weighted by Gasteiger charge is -2.40. The van der Waals surface area contributed by atoms with E-state index < -0.39 is 0 Å². The number of hydrogen-bond donors (Lipinski definition) is 2. The second-order valence-corrected chi connectivity index (χ2v) is 8.17. The highest BCUT2D eigenvalue weighted by atomic mass is 16.5. The summed E-state index contributed by atoms with van der Waals surface area (Å²) >= 11 is 0. The molecule has 5 heteroatoms. The summed E-state index contributed by atoms with van der Waals surface area (Å²) in [4.78, 5) is 14.4. The molecule has 0 aliphatic carbocycles. The van der Waals surface area contributed by atoms with Gasteiger partial charge in [-0.25, -0.2) is 4.79 Å². The number of ether oxygens (including phenoxy) is 1. The molecule has 5 nitrogen and oxygen atoms in total. The van der Waals surface area contributed by atoms with Crippen LogP contribution in [0.25, 0.3) is 0 Å². The molecule has 2 N–H and O–H groups in total. The van der Waals surface area contributed by atoms with E-state index >= 15 is 0 Å². The third kappa shape index (κ3) is 3.57. The van der Waals surface area contributed by atoms with Gasteiger partial charge in [-0.05, 0) is 58.8 Å². The first kappa shape index (κ1) is 17.5. The van der Waals surface area contributed by atoms with Crippen LogP contribution in [0.3, 0.4) is 0 Å². The Bertz CT molecular complexity index is 406. The first-order valence-corrected chi connectivity index (χ1v) is 8.50. The smallest absolute Gasteiger partial charge is 0.317 e. The molecular weight excluding hydrogens is 280 g/mol. The van der Waals surface area contributed by atoms with Crippen molar-refractivity contribution in [1.82, 2.24) is 10.2 Å². The van der Waals surface area contributed by atoms with E-state index in [0.29, 0.717) is 0 Å². The van der Waals surface area contributed by atoms with Crippen molar-refractivity contribution in [2.45, 2.75) is 77.5 Å². The summed E-state index contributed by atoms with van der Waals surface area (Å²) < 4.78 is 6.04. The highest BCUT2D eigenvalue weighted by molar-refractivity contribution is 5.74. The molecule has 0 spiro atoms. The number of aliphatic hydroxyl groups excluding tert-OH is 1. The van der Waals surface area contributed by atoms with E-state index in [1.165, 1.54) is 0 Å². The number of hydrogen-bond acceptors (Lipinski definition) is 3.